The number of nitrogens with two attached hydrogens (primary N) is 1. The molecule has 1 aromatic rings. The van der Waals surface area contributed by atoms with Gasteiger partial charge in [0.25, 0.3) is 0 Å². The molecule has 142 valence electrons. The van der Waals surface area contributed by atoms with Crippen LogP contribution in [0.4, 0.5) is 0 Å². The smallest absolute Gasteiger partial charge is 0.247 e. The first-order valence-electron chi connectivity index (χ1n) is 8.92. The van der Waals surface area contributed by atoms with E-state index in [0.29, 0.717) is 0 Å². The first kappa shape index (κ1) is 19.5. The molecule has 0 saturated carbocycles. The molecule has 5 nitrogen and oxygen atoms in total. The molecule has 0 amide bonds. The standard InChI is InChI=1S/C19H26N2O3S2/c1-3-4-6-15-14(2)24-19(9-5-11-21-12-10-19)13-16(15)17-7-8-18(25-17)26(20,22)23/h3-4,6-8,13-14,21H,5,9-12H2,1-2H3,(H2,20,22,23)/b4-3-,15-6+. The van der Waals surface area contributed by atoms with Crippen molar-refractivity contribution in [2.24, 2.45) is 5.14 Å². The third kappa shape index (κ3) is 4.18. The minimum Gasteiger partial charge on any atom is -0.363 e. The van der Waals surface area contributed by atoms with Crippen LogP contribution in [0, 0.1) is 0 Å². The summed E-state index contributed by atoms with van der Waals surface area (Å²) in [7, 11) is -3.69. The SMILES string of the molecule is C/C=C\C=C1\C(c2ccc(S(N)(=O)=O)s2)=CC2(CCCNCC2)OC1C. The zero-order chi connectivity index (χ0) is 18.8. The minimum atomic E-state index is -3.69. The lowest BCUT2D eigenvalue weighted by Crippen LogP contribution is -2.39. The Bertz CT molecular complexity index is 842. The molecule has 3 rings (SSSR count). The Morgan fingerprint density at radius 1 is 1.35 bits per heavy atom. The molecular weight excluding hydrogens is 368 g/mol. The van der Waals surface area contributed by atoms with Crippen molar-refractivity contribution in [2.75, 3.05) is 13.1 Å². The highest BCUT2D eigenvalue weighted by molar-refractivity contribution is 7.91. The summed E-state index contributed by atoms with van der Waals surface area (Å²) in [6.45, 7) is 5.95. The molecule has 1 fully saturated rings. The van der Waals surface area contributed by atoms with Gasteiger partial charge >= 0.3 is 0 Å². The largest absolute Gasteiger partial charge is 0.363 e. The molecule has 1 saturated heterocycles. The lowest BCUT2D eigenvalue weighted by Gasteiger charge is -2.39. The molecule has 1 aromatic heterocycles. The normalized spacial score (nSPS) is 29.3. The fraction of sp³-hybridized carbons (Fsp3) is 0.474. The van der Waals surface area contributed by atoms with Crippen molar-refractivity contribution >= 4 is 26.9 Å². The van der Waals surface area contributed by atoms with E-state index in [4.69, 9.17) is 9.88 Å². The van der Waals surface area contributed by atoms with Gasteiger partial charge in [-0.2, -0.15) is 0 Å². The van der Waals surface area contributed by atoms with Gasteiger partial charge in [0.15, 0.2) is 0 Å². The monoisotopic (exact) mass is 394 g/mol. The van der Waals surface area contributed by atoms with E-state index in [-0.39, 0.29) is 15.9 Å². The highest BCUT2D eigenvalue weighted by Gasteiger charge is 2.38. The second-order valence-electron chi connectivity index (χ2n) is 6.80. The number of rotatable bonds is 3. The highest BCUT2D eigenvalue weighted by Crippen LogP contribution is 2.43. The van der Waals surface area contributed by atoms with Crippen LogP contribution in [0.1, 0.15) is 38.0 Å². The summed E-state index contributed by atoms with van der Waals surface area (Å²) in [5.41, 5.74) is 1.81. The molecule has 3 heterocycles. The Morgan fingerprint density at radius 3 is 2.85 bits per heavy atom. The number of hydrogen-bond acceptors (Lipinski definition) is 5. The van der Waals surface area contributed by atoms with E-state index in [0.717, 1.165) is 48.4 Å². The predicted octanol–water partition coefficient (Wildman–Crippen LogP) is 3.21. The highest BCUT2D eigenvalue weighted by atomic mass is 32.2. The summed E-state index contributed by atoms with van der Waals surface area (Å²) in [6.07, 6.45) is 11.1. The zero-order valence-corrected chi connectivity index (χ0v) is 16.8. The number of thiophene rings is 1. The first-order valence-corrected chi connectivity index (χ1v) is 11.3. The van der Waals surface area contributed by atoms with Crippen molar-refractivity contribution in [3.8, 4) is 0 Å². The van der Waals surface area contributed by atoms with Crippen LogP contribution in [-0.4, -0.2) is 33.2 Å². The Balaban J connectivity index is 2.10. The van der Waals surface area contributed by atoms with Crippen molar-refractivity contribution in [2.45, 2.75) is 49.0 Å². The van der Waals surface area contributed by atoms with Gasteiger partial charge in [0.2, 0.25) is 10.0 Å². The lowest BCUT2D eigenvalue weighted by atomic mass is 9.84. The fourth-order valence-electron chi connectivity index (χ4n) is 3.60. The maximum Gasteiger partial charge on any atom is 0.247 e. The van der Waals surface area contributed by atoms with Crippen molar-refractivity contribution < 1.29 is 13.2 Å². The summed E-state index contributed by atoms with van der Waals surface area (Å²) in [4.78, 5) is 0.913. The summed E-state index contributed by atoms with van der Waals surface area (Å²) < 4.78 is 30.1. The van der Waals surface area contributed by atoms with Gasteiger partial charge in [0.1, 0.15) is 4.21 Å². The second kappa shape index (κ2) is 7.78. The van der Waals surface area contributed by atoms with Crippen LogP contribution in [-0.2, 0) is 14.8 Å². The Morgan fingerprint density at radius 2 is 2.15 bits per heavy atom. The fourth-order valence-corrected chi connectivity index (χ4v) is 5.36. The van der Waals surface area contributed by atoms with Gasteiger partial charge in [0.05, 0.1) is 11.7 Å². The maximum absolute atomic E-state index is 11.7. The molecule has 7 heteroatoms. The molecule has 3 N–H and O–H groups in total. The summed E-state index contributed by atoms with van der Waals surface area (Å²) in [6, 6.07) is 3.44. The summed E-state index contributed by atoms with van der Waals surface area (Å²) >= 11 is 1.22. The molecule has 2 atom stereocenters. The molecule has 2 aliphatic heterocycles. The summed E-state index contributed by atoms with van der Waals surface area (Å²) in [5.74, 6) is 0. The topological polar surface area (TPSA) is 81.4 Å². The van der Waals surface area contributed by atoms with Gasteiger partial charge in [-0.25, -0.2) is 13.6 Å². The van der Waals surface area contributed by atoms with Crippen molar-refractivity contribution in [3.05, 3.63) is 46.9 Å². The Hall–Kier alpha value is -1.25. The van der Waals surface area contributed by atoms with Crippen LogP contribution in [0.15, 0.2) is 46.2 Å². The molecule has 0 bridgehead atoms. The van der Waals surface area contributed by atoms with Gasteiger partial charge in [-0.05, 0) is 75.6 Å². The van der Waals surface area contributed by atoms with Gasteiger partial charge in [-0.15, -0.1) is 11.3 Å². The molecule has 2 unspecified atom stereocenters. The first-order chi connectivity index (χ1) is 12.3. The maximum atomic E-state index is 11.7. The van der Waals surface area contributed by atoms with Crippen molar-refractivity contribution in [1.29, 1.82) is 0 Å². The van der Waals surface area contributed by atoms with Crippen molar-refractivity contribution in [3.63, 3.8) is 0 Å². The molecule has 0 radical (unpaired) electrons. The van der Waals surface area contributed by atoms with Gasteiger partial charge in [0, 0.05) is 4.88 Å². The molecule has 2 aliphatic rings. The van der Waals surface area contributed by atoms with E-state index in [1.54, 1.807) is 6.07 Å². The minimum absolute atomic E-state index is 0.0654. The Kier molecular flexibility index (Phi) is 5.84. The summed E-state index contributed by atoms with van der Waals surface area (Å²) in [5, 5.41) is 8.73. The Labute approximate surface area is 159 Å². The van der Waals surface area contributed by atoms with E-state index >= 15 is 0 Å². The molecule has 0 aliphatic carbocycles. The average Bonchev–Trinajstić information content (AvgIpc) is 2.98. The van der Waals surface area contributed by atoms with Crippen LogP contribution in [0.3, 0.4) is 0 Å². The van der Waals surface area contributed by atoms with E-state index in [2.05, 4.69) is 24.4 Å². The quantitative estimate of drug-likeness (QED) is 0.825. The second-order valence-corrected chi connectivity index (χ2v) is 9.67. The van der Waals surface area contributed by atoms with Crippen LogP contribution in [0.25, 0.3) is 5.57 Å². The van der Waals surface area contributed by atoms with Crippen LogP contribution in [0.2, 0.25) is 0 Å². The lowest BCUT2D eigenvalue weighted by molar-refractivity contribution is -0.0497. The van der Waals surface area contributed by atoms with Crippen LogP contribution < -0.4 is 10.5 Å². The zero-order valence-electron chi connectivity index (χ0n) is 15.2. The number of allylic oxidation sites excluding steroid dienone is 3. The molecule has 0 aromatic carbocycles. The van der Waals surface area contributed by atoms with Gasteiger partial charge < -0.3 is 10.1 Å². The number of hydrogen-bond donors (Lipinski definition) is 2. The van der Waals surface area contributed by atoms with E-state index in [9.17, 15) is 8.42 Å². The van der Waals surface area contributed by atoms with Gasteiger partial charge in [-0.1, -0.05) is 18.2 Å². The van der Waals surface area contributed by atoms with Gasteiger partial charge in [-0.3, -0.25) is 0 Å². The van der Waals surface area contributed by atoms with E-state index < -0.39 is 10.0 Å². The number of primary sulfonamides is 1. The molecule has 1 spiro atoms. The number of nitrogens with one attached hydrogen (secondary N) is 1. The molecular formula is C19H26N2O3S2. The third-order valence-electron chi connectivity index (χ3n) is 4.84. The molecule has 26 heavy (non-hydrogen) atoms. The third-order valence-corrected chi connectivity index (χ3v) is 7.40. The van der Waals surface area contributed by atoms with Crippen LogP contribution >= 0.6 is 11.3 Å². The van der Waals surface area contributed by atoms with Crippen molar-refractivity contribution in [1.82, 2.24) is 5.32 Å². The van der Waals surface area contributed by atoms with Crippen LogP contribution in [0.5, 0.6) is 0 Å². The van der Waals surface area contributed by atoms with E-state index in [1.807, 2.05) is 25.1 Å². The average molecular weight is 395 g/mol. The van der Waals surface area contributed by atoms with E-state index in [1.165, 1.54) is 11.3 Å². The predicted molar refractivity (Wildman–Crippen MR) is 107 cm³/mol. The number of ether oxygens (including phenoxy) is 1. The number of sulfonamides is 1.